The van der Waals surface area contributed by atoms with Crippen LogP contribution in [0.25, 0.3) is 0 Å². The topological polar surface area (TPSA) is 38.3 Å². The molecule has 9 heavy (non-hydrogen) atoms. The Morgan fingerprint density at radius 2 is 2.56 bits per heavy atom. The van der Waals surface area contributed by atoms with Crippen LogP contribution in [-0.2, 0) is 4.74 Å². The molecule has 1 aliphatic rings. The molecule has 1 aliphatic heterocycles. The maximum atomic E-state index is 10.4. The highest BCUT2D eigenvalue weighted by Gasteiger charge is 2.35. The SMILES string of the molecule is O=C1NC(Br)(CBr)CO1. The van der Waals surface area contributed by atoms with E-state index in [1.165, 1.54) is 0 Å². The van der Waals surface area contributed by atoms with E-state index in [-0.39, 0.29) is 10.5 Å². The number of amides is 1. The van der Waals surface area contributed by atoms with Crippen LogP contribution in [0.2, 0.25) is 0 Å². The largest absolute Gasteiger partial charge is 0.446 e. The zero-order valence-electron chi connectivity index (χ0n) is 4.49. The highest BCUT2D eigenvalue weighted by Crippen LogP contribution is 2.22. The molecule has 1 N–H and O–H groups in total. The van der Waals surface area contributed by atoms with Crippen molar-refractivity contribution in [2.45, 2.75) is 4.45 Å². The summed E-state index contributed by atoms with van der Waals surface area (Å²) in [5.41, 5.74) is 0. The number of halogens is 2. The van der Waals surface area contributed by atoms with Crippen LogP contribution in [0, 0.1) is 0 Å². The smallest absolute Gasteiger partial charge is 0.408 e. The van der Waals surface area contributed by atoms with Gasteiger partial charge < -0.3 is 10.1 Å². The Labute approximate surface area is 69.4 Å². The van der Waals surface area contributed by atoms with Crippen molar-refractivity contribution in [3.8, 4) is 0 Å². The lowest BCUT2D eigenvalue weighted by Crippen LogP contribution is -2.38. The maximum absolute atomic E-state index is 10.4. The van der Waals surface area contributed by atoms with E-state index >= 15 is 0 Å². The molecule has 5 heteroatoms. The van der Waals surface area contributed by atoms with Crippen molar-refractivity contribution >= 4 is 38.0 Å². The van der Waals surface area contributed by atoms with Gasteiger partial charge in [0.1, 0.15) is 11.1 Å². The number of hydrogen-bond acceptors (Lipinski definition) is 2. The minimum Gasteiger partial charge on any atom is -0.446 e. The minimum atomic E-state index is -0.385. The van der Waals surface area contributed by atoms with Gasteiger partial charge in [-0.05, 0) is 0 Å². The normalized spacial score (nSPS) is 33.8. The van der Waals surface area contributed by atoms with Gasteiger partial charge >= 0.3 is 6.09 Å². The van der Waals surface area contributed by atoms with E-state index in [2.05, 4.69) is 41.9 Å². The third kappa shape index (κ3) is 1.58. The van der Waals surface area contributed by atoms with E-state index in [0.29, 0.717) is 11.9 Å². The molecule has 3 nitrogen and oxygen atoms in total. The van der Waals surface area contributed by atoms with Gasteiger partial charge in [0.05, 0.1) is 0 Å². The summed E-state index contributed by atoms with van der Waals surface area (Å²) in [6.07, 6.45) is -0.369. The highest BCUT2D eigenvalue weighted by molar-refractivity contribution is 9.12. The molecule has 1 saturated heterocycles. The van der Waals surface area contributed by atoms with Crippen molar-refractivity contribution in [3.63, 3.8) is 0 Å². The van der Waals surface area contributed by atoms with Crippen LogP contribution in [-0.4, -0.2) is 22.5 Å². The molecular formula is C4H5Br2NO2. The molecule has 0 bridgehead atoms. The average Bonchev–Trinajstić information content (AvgIpc) is 2.13. The molecule has 1 atom stereocenters. The molecule has 52 valence electrons. The van der Waals surface area contributed by atoms with E-state index in [1.54, 1.807) is 0 Å². The second-order valence-corrected chi connectivity index (χ2v) is 3.88. The molecule has 0 radical (unpaired) electrons. The van der Waals surface area contributed by atoms with Crippen LogP contribution in [0.15, 0.2) is 0 Å². The van der Waals surface area contributed by atoms with Crippen LogP contribution < -0.4 is 5.32 Å². The number of rotatable bonds is 1. The standard InChI is InChI=1S/C4H5Br2NO2/c5-1-4(6)2-9-3(8)7-4/h1-2H2,(H,7,8). The molecule has 1 unspecified atom stereocenters. The fraction of sp³-hybridized carbons (Fsp3) is 0.750. The maximum Gasteiger partial charge on any atom is 0.408 e. The van der Waals surface area contributed by atoms with Gasteiger partial charge in [0.25, 0.3) is 0 Å². The number of alkyl halides is 2. The average molecular weight is 259 g/mol. The first-order valence-corrected chi connectivity index (χ1v) is 4.27. The van der Waals surface area contributed by atoms with Crippen molar-refractivity contribution in [1.29, 1.82) is 0 Å². The Hall–Kier alpha value is 0.230. The quantitative estimate of drug-likeness (QED) is 0.567. The zero-order valence-corrected chi connectivity index (χ0v) is 7.66. The lowest BCUT2D eigenvalue weighted by Gasteiger charge is -2.13. The third-order valence-electron chi connectivity index (χ3n) is 0.970. The number of alkyl carbamates (subject to hydrolysis) is 1. The Morgan fingerprint density at radius 1 is 1.89 bits per heavy atom. The molecule has 0 aromatic rings. The van der Waals surface area contributed by atoms with Crippen LogP contribution in [0.5, 0.6) is 0 Å². The summed E-state index contributed by atoms with van der Waals surface area (Å²) in [6.45, 7) is 0.372. The van der Waals surface area contributed by atoms with E-state index in [1.807, 2.05) is 0 Å². The molecule has 0 saturated carbocycles. The molecule has 1 fully saturated rings. The van der Waals surface area contributed by atoms with Gasteiger partial charge in [-0.2, -0.15) is 0 Å². The highest BCUT2D eigenvalue weighted by atomic mass is 79.9. The number of carbonyl (C=O) groups excluding carboxylic acids is 1. The van der Waals surface area contributed by atoms with Gasteiger partial charge in [0.2, 0.25) is 0 Å². The second kappa shape index (κ2) is 2.46. The lowest BCUT2D eigenvalue weighted by molar-refractivity contribution is 0.176. The molecule has 1 heterocycles. The molecule has 1 amide bonds. The predicted molar refractivity (Wildman–Crippen MR) is 39.9 cm³/mol. The van der Waals surface area contributed by atoms with Gasteiger partial charge in [0.15, 0.2) is 0 Å². The van der Waals surface area contributed by atoms with Gasteiger partial charge in [-0.25, -0.2) is 4.79 Å². The van der Waals surface area contributed by atoms with Crippen LogP contribution in [0.3, 0.4) is 0 Å². The fourth-order valence-electron chi connectivity index (χ4n) is 0.507. The van der Waals surface area contributed by atoms with Crippen LogP contribution in [0.4, 0.5) is 4.79 Å². The Balaban J connectivity index is 2.54. The van der Waals surface area contributed by atoms with E-state index in [0.717, 1.165) is 0 Å². The Bertz CT molecular complexity index is 141. The number of nitrogens with one attached hydrogen (secondary N) is 1. The van der Waals surface area contributed by atoms with Crippen molar-refractivity contribution in [3.05, 3.63) is 0 Å². The number of cyclic esters (lactones) is 1. The molecule has 0 spiro atoms. The first-order chi connectivity index (χ1) is 4.16. The van der Waals surface area contributed by atoms with Gasteiger partial charge in [-0.15, -0.1) is 0 Å². The first kappa shape index (κ1) is 7.34. The fourth-order valence-corrected chi connectivity index (χ4v) is 1.09. The van der Waals surface area contributed by atoms with Gasteiger partial charge in [-0.3, -0.25) is 0 Å². The second-order valence-electron chi connectivity index (χ2n) is 1.80. The Kier molecular flexibility index (Phi) is 2.00. The monoisotopic (exact) mass is 257 g/mol. The minimum absolute atomic E-state index is 0.369. The van der Waals surface area contributed by atoms with Crippen LogP contribution in [0.1, 0.15) is 0 Å². The van der Waals surface area contributed by atoms with Gasteiger partial charge in [0, 0.05) is 5.33 Å². The van der Waals surface area contributed by atoms with Crippen molar-refractivity contribution in [1.82, 2.24) is 5.32 Å². The lowest BCUT2D eigenvalue weighted by atomic mass is 10.4. The Morgan fingerprint density at radius 3 is 2.78 bits per heavy atom. The van der Waals surface area contributed by atoms with Crippen molar-refractivity contribution in [2.24, 2.45) is 0 Å². The van der Waals surface area contributed by atoms with E-state index in [4.69, 9.17) is 0 Å². The zero-order chi connectivity index (χ0) is 6.91. The molecule has 0 aromatic carbocycles. The summed E-state index contributed by atoms with van der Waals surface area (Å²) in [6, 6.07) is 0. The number of ether oxygens (including phenoxy) is 1. The molecule has 1 rings (SSSR count). The summed E-state index contributed by atoms with van der Waals surface area (Å²) in [5, 5.41) is 3.23. The van der Waals surface area contributed by atoms with Crippen molar-refractivity contribution < 1.29 is 9.53 Å². The summed E-state index contributed by atoms with van der Waals surface area (Å²) in [5.74, 6) is 0. The first-order valence-electron chi connectivity index (χ1n) is 2.36. The molecule has 0 aromatic heterocycles. The van der Waals surface area contributed by atoms with E-state index < -0.39 is 0 Å². The third-order valence-corrected chi connectivity index (χ3v) is 3.39. The number of carbonyl (C=O) groups is 1. The summed E-state index contributed by atoms with van der Waals surface area (Å²) >= 11 is 6.50. The van der Waals surface area contributed by atoms with E-state index in [9.17, 15) is 4.79 Å². The number of hydrogen-bond donors (Lipinski definition) is 1. The molecular weight excluding hydrogens is 254 g/mol. The molecule has 0 aliphatic carbocycles. The summed E-state index contributed by atoms with van der Waals surface area (Å²) in [7, 11) is 0. The summed E-state index contributed by atoms with van der Waals surface area (Å²) in [4.78, 5) is 10.4. The van der Waals surface area contributed by atoms with Gasteiger partial charge in [-0.1, -0.05) is 31.9 Å². The van der Waals surface area contributed by atoms with Crippen molar-refractivity contribution in [2.75, 3.05) is 11.9 Å². The van der Waals surface area contributed by atoms with Crippen LogP contribution >= 0.6 is 31.9 Å². The predicted octanol–water partition coefficient (Wildman–Crippen LogP) is 1.21. The summed E-state index contributed by atoms with van der Waals surface area (Å²) < 4.78 is 4.25.